The van der Waals surface area contributed by atoms with Crippen LogP contribution in [0.2, 0.25) is 0 Å². The number of hydrogen-bond acceptors (Lipinski definition) is 5. The predicted octanol–water partition coefficient (Wildman–Crippen LogP) is 3.99. The molecule has 0 saturated carbocycles. The lowest BCUT2D eigenvalue weighted by molar-refractivity contribution is 0.402. The van der Waals surface area contributed by atoms with Crippen LogP contribution in [0.25, 0.3) is 0 Å². The molecule has 0 aliphatic carbocycles. The summed E-state index contributed by atoms with van der Waals surface area (Å²) in [6, 6.07) is 21.2. The summed E-state index contributed by atoms with van der Waals surface area (Å²) < 4.78 is 0. The fourth-order valence-corrected chi connectivity index (χ4v) is 3.80. The zero-order chi connectivity index (χ0) is 19.0. The van der Waals surface area contributed by atoms with Crippen LogP contribution in [0.1, 0.15) is 24.0 Å². The van der Waals surface area contributed by atoms with Crippen LogP contribution in [0.4, 0.5) is 11.8 Å². The van der Waals surface area contributed by atoms with Crippen molar-refractivity contribution in [1.29, 1.82) is 0 Å². The van der Waals surface area contributed by atoms with E-state index in [2.05, 4.69) is 80.0 Å². The van der Waals surface area contributed by atoms with Gasteiger partial charge in [-0.2, -0.15) is 10.1 Å². The van der Waals surface area contributed by atoms with Crippen molar-refractivity contribution >= 4 is 11.8 Å². The third-order valence-electron chi connectivity index (χ3n) is 5.39. The molecule has 1 aromatic heterocycles. The minimum absolute atomic E-state index is 0.611. The normalized spacial score (nSPS) is 14.8. The van der Waals surface area contributed by atoms with Gasteiger partial charge in [0.15, 0.2) is 5.82 Å². The summed E-state index contributed by atoms with van der Waals surface area (Å²) in [5.74, 6) is 2.28. The van der Waals surface area contributed by atoms with Crippen LogP contribution in [0, 0.1) is 5.92 Å². The van der Waals surface area contributed by atoms with E-state index in [1.54, 1.807) is 6.20 Å². The van der Waals surface area contributed by atoms with E-state index >= 15 is 0 Å². The SMILES string of the molecule is c1ccc(CCNc2nncc(N3CCC(Cc4ccccc4)CC3)n2)cc1. The lowest BCUT2D eigenvalue weighted by atomic mass is 9.90. The van der Waals surface area contributed by atoms with Crippen molar-refractivity contribution in [1.82, 2.24) is 15.2 Å². The van der Waals surface area contributed by atoms with E-state index in [1.165, 1.54) is 30.4 Å². The number of aromatic nitrogens is 3. The first-order valence-electron chi connectivity index (χ1n) is 10.1. The summed E-state index contributed by atoms with van der Waals surface area (Å²) in [5.41, 5.74) is 2.74. The summed E-state index contributed by atoms with van der Waals surface area (Å²) in [5, 5.41) is 11.6. The first kappa shape index (κ1) is 18.4. The number of benzene rings is 2. The van der Waals surface area contributed by atoms with Gasteiger partial charge in [0, 0.05) is 19.6 Å². The second-order valence-corrected chi connectivity index (χ2v) is 7.42. The van der Waals surface area contributed by atoms with Crippen molar-refractivity contribution in [2.75, 3.05) is 29.9 Å². The molecular formula is C23H27N5. The lowest BCUT2D eigenvalue weighted by Crippen LogP contribution is -2.35. The molecule has 1 fully saturated rings. The molecule has 3 aromatic rings. The van der Waals surface area contributed by atoms with Crippen LogP contribution in [0.3, 0.4) is 0 Å². The number of anilines is 2. The predicted molar refractivity (Wildman–Crippen MR) is 114 cm³/mol. The van der Waals surface area contributed by atoms with Gasteiger partial charge >= 0.3 is 0 Å². The molecule has 5 nitrogen and oxygen atoms in total. The number of piperidine rings is 1. The maximum absolute atomic E-state index is 4.68. The number of rotatable bonds is 7. The van der Waals surface area contributed by atoms with Crippen LogP contribution in [0.15, 0.2) is 66.9 Å². The van der Waals surface area contributed by atoms with E-state index in [1.807, 2.05) is 6.07 Å². The molecule has 28 heavy (non-hydrogen) atoms. The maximum atomic E-state index is 4.68. The summed E-state index contributed by atoms with van der Waals surface area (Å²) in [4.78, 5) is 7.01. The number of hydrogen-bond donors (Lipinski definition) is 1. The molecule has 5 heteroatoms. The van der Waals surface area contributed by atoms with Crippen LogP contribution >= 0.6 is 0 Å². The van der Waals surface area contributed by atoms with Crippen LogP contribution in [-0.4, -0.2) is 34.8 Å². The standard InChI is InChI=1S/C23H27N5/c1-3-7-19(8-4-1)11-14-24-23-26-22(18-25-27-23)28-15-12-21(13-16-28)17-20-9-5-2-6-10-20/h1-10,18,21H,11-17H2,(H,24,26,27). The van der Waals surface area contributed by atoms with Gasteiger partial charge in [0.1, 0.15) is 0 Å². The minimum atomic E-state index is 0.611. The first-order valence-corrected chi connectivity index (χ1v) is 10.1. The van der Waals surface area contributed by atoms with Crippen molar-refractivity contribution < 1.29 is 0 Å². The van der Waals surface area contributed by atoms with Crippen LogP contribution < -0.4 is 10.2 Å². The third-order valence-corrected chi connectivity index (χ3v) is 5.39. The van der Waals surface area contributed by atoms with E-state index in [0.29, 0.717) is 5.95 Å². The average Bonchev–Trinajstić information content (AvgIpc) is 2.76. The Morgan fingerprint density at radius 1 is 0.893 bits per heavy atom. The Labute approximate surface area is 166 Å². The molecule has 144 valence electrons. The van der Waals surface area contributed by atoms with Gasteiger partial charge in [-0.15, -0.1) is 5.10 Å². The molecule has 2 aromatic carbocycles. The Bertz CT molecular complexity index is 845. The Morgan fingerprint density at radius 3 is 2.29 bits per heavy atom. The largest absolute Gasteiger partial charge is 0.355 e. The van der Waals surface area contributed by atoms with Gasteiger partial charge in [0.25, 0.3) is 0 Å². The van der Waals surface area contributed by atoms with E-state index in [-0.39, 0.29) is 0 Å². The fraction of sp³-hybridized carbons (Fsp3) is 0.348. The summed E-state index contributed by atoms with van der Waals surface area (Å²) >= 11 is 0. The highest BCUT2D eigenvalue weighted by Gasteiger charge is 2.21. The van der Waals surface area contributed by atoms with Crippen molar-refractivity contribution in [3.8, 4) is 0 Å². The molecule has 0 spiro atoms. The molecule has 1 aliphatic heterocycles. The lowest BCUT2D eigenvalue weighted by Gasteiger charge is -2.32. The van der Waals surface area contributed by atoms with E-state index < -0.39 is 0 Å². The molecule has 0 atom stereocenters. The number of nitrogens with one attached hydrogen (secondary N) is 1. The molecule has 2 heterocycles. The van der Waals surface area contributed by atoms with E-state index in [4.69, 9.17) is 0 Å². The van der Waals surface area contributed by atoms with Gasteiger partial charge in [-0.05, 0) is 42.7 Å². The third kappa shape index (κ3) is 5.06. The molecular weight excluding hydrogens is 346 g/mol. The minimum Gasteiger partial charge on any atom is -0.355 e. The van der Waals surface area contributed by atoms with Crippen molar-refractivity contribution in [2.24, 2.45) is 5.92 Å². The van der Waals surface area contributed by atoms with Crippen LogP contribution in [0.5, 0.6) is 0 Å². The highest BCUT2D eigenvalue weighted by Crippen LogP contribution is 2.24. The molecule has 1 aliphatic rings. The first-order chi connectivity index (χ1) is 13.9. The van der Waals surface area contributed by atoms with Crippen molar-refractivity contribution in [3.63, 3.8) is 0 Å². The molecule has 0 bridgehead atoms. The molecule has 0 unspecified atom stereocenters. The van der Waals surface area contributed by atoms with Gasteiger partial charge in [0.05, 0.1) is 6.20 Å². The van der Waals surface area contributed by atoms with Gasteiger partial charge < -0.3 is 10.2 Å². The second-order valence-electron chi connectivity index (χ2n) is 7.42. The molecule has 0 radical (unpaired) electrons. The van der Waals surface area contributed by atoms with Gasteiger partial charge in [-0.1, -0.05) is 60.7 Å². The van der Waals surface area contributed by atoms with Crippen molar-refractivity contribution in [3.05, 3.63) is 78.0 Å². The maximum Gasteiger partial charge on any atom is 0.244 e. The Kier molecular flexibility index (Phi) is 6.12. The Hall–Kier alpha value is -2.95. The topological polar surface area (TPSA) is 53.9 Å². The van der Waals surface area contributed by atoms with Gasteiger partial charge in [0.2, 0.25) is 5.95 Å². The monoisotopic (exact) mass is 373 g/mol. The number of nitrogens with zero attached hydrogens (tertiary/aromatic N) is 4. The zero-order valence-electron chi connectivity index (χ0n) is 16.2. The highest BCUT2D eigenvalue weighted by atomic mass is 15.3. The smallest absolute Gasteiger partial charge is 0.244 e. The summed E-state index contributed by atoms with van der Waals surface area (Å²) in [6.07, 6.45) is 6.27. The Morgan fingerprint density at radius 2 is 1.57 bits per heavy atom. The van der Waals surface area contributed by atoms with Crippen LogP contribution in [-0.2, 0) is 12.8 Å². The molecule has 4 rings (SSSR count). The second kappa shape index (κ2) is 9.31. The highest BCUT2D eigenvalue weighted by molar-refractivity contribution is 5.40. The molecule has 1 N–H and O–H groups in total. The molecule has 0 amide bonds. The quantitative estimate of drug-likeness (QED) is 0.679. The van der Waals surface area contributed by atoms with E-state index in [9.17, 15) is 0 Å². The summed E-state index contributed by atoms with van der Waals surface area (Å²) in [6.45, 7) is 2.85. The van der Waals surface area contributed by atoms with Crippen molar-refractivity contribution in [2.45, 2.75) is 25.7 Å². The van der Waals surface area contributed by atoms with Gasteiger partial charge in [-0.25, -0.2) is 0 Å². The van der Waals surface area contributed by atoms with Gasteiger partial charge in [-0.3, -0.25) is 0 Å². The molecule has 1 saturated heterocycles. The fourth-order valence-electron chi connectivity index (χ4n) is 3.80. The van der Waals surface area contributed by atoms with E-state index in [0.717, 1.165) is 37.8 Å². The average molecular weight is 374 g/mol. The summed E-state index contributed by atoms with van der Waals surface area (Å²) in [7, 11) is 0. The Balaban J connectivity index is 1.27. The zero-order valence-corrected chi connectivity index (χ0v) is 16.2.